The summed E-state index contributed by atoms with van der Waals surface area (Å²) in [5.74, 6) is 0.849. The predicted octanol–water partition coefficient (Wildman–Crippen LogP) is 3.63. The number of benzene rings is 1. The molecule has 0 saturated heterocycles. The molecule has 0 bridgehead atoms. The molecule has 0 spiro atoms. The molecule has 0 atom stereocenters. The maximum atomic E-state index is 4.16. The van der Waals surface area contributed by atoms with Crippen molar-refractivity contribution in [2.45, 2.75) is 0 Å². The van der Waals surface area contributed by atoms with Crippen LogP contribution in [0.25, 0.3) is 0 Å². The number of anilines is 3. The van der Waals surface area contributed by atoms with Crippen LogP contribution >= 0.6 is 15.9 Å². The maximum Gasteiger partial charge on any atom is 0.127 e. The zero-order valence-corrected chi connectivity index (χ0v) is 10.5. The summed E-state index contributed by atoms with van der Waals surface area (Å²) >= 11 is 3.41. The van der Waals surface area contributed by atoms with E-state index in [0.29, 0.717) is 0 Å². The van der Waals surface area contributed by atoms with Gasteiger partial charge in [0, 0.05) is 35.2 Å². The van der Waals surface area contributed by atoms with Gasteiger partial charge >= 0.3 is 0 Å². The third-order valence-corrected chi connectivity index (χ3v) is 2.68. The van der Waals surface area contributed by atoms with Crippen LogP contribution in [0.15, 0.2) is 47.1 Å². The largest absolute Gasteiger partial charge is 0.373 e. The molecule has 1 heterocycles. The fourth-order valence-electron chi connectivity index (χ4n) is 1.34. The molecule has 1 aromatic heterocycles. The Bertz CT molecular complexity index is 468. The lowest BCUT2D eigenvalue weighted by molar-refractivity contribution is 1.28. The maximum absolute atomic E-state index is 4.16. The number of nitrogens with zero attached hydrogens (tertiary/aromatic N) is 1. The first kappa shape index (κ1) is 11.0. The standard InChI is InChI=1S/C12H12BrN3/c1-14-12-8-11(6-7-15-12)16-10-4-2-9(13)3-5-10/h2-8H,1H3,(H2,14,15,16). The number of aromatic nitrogens is 1. The summed E-state index contributed by atoms with van der Waals surface area (Å²) in [4.78, 5) is 4.16. The molecule has 0 aliphatic heterocycles. The zero-order chi connectivity index (χ0) is 11.4. The van der Waals surface area contributed by atoms with Gasteiger partial charge < -0.3 is 10.6 Å². The Balaban J connectivity index is 2.16. The van der Waals surface area contributed by atoms with Gasteiger partial charge in [-0.15, -0.1) is 0 Å². The molecule has 2 N–H and O–H groups in total. The van der Waals surface area contributed by atoms with Gasteiger partial charge in [-0.2, -0.15) is 0 Å². The Kier molecular flexibility index (Phi) is 3.41. The third kappa shape index (κ3) is 2.73. The summed E-state index contributed by atoms with van der Waals surface area (Å²) in [7, 11) is 1.85. The number of hydrogen-bond acceptors (Lipinski definition) is 3. The number of halogens is 1. The van der Waals surface area contributed by atoms with E-state index in [2.05, 4.69) is 31.5 Å². The molecule has 16 heavy (non-hydrogen) atoms. The number of pyridine rings is 1. The highest BCUT2D eigenvalue weighted by molar-refractivity contribution is 9.10. The number of nitrogens with one attached hydrogen (secondary N) is 2. The molecule has 0 aliphatic carbocycles. The van der Waals surface area contributed by atoms with E-state index in [0.717, 1.165) is 21.7 Å². The van der Waals surface area contributed by atoms with Crippen LogP contribution in [-0.4, -0.2) is 12.0 Å². The van der Waals surface area contributed by atoms with Crippen LogP contribution in [0.2, 0.25) is 0 Å². The van der Waals surface area contributed by atoms with Crippen molar-refractivity contribution in [1.29, 1.82) is 0 Å². The van der Waals surface area contributed by atoms with Crippen molar-refractivity contribution in [2.24, 2.45) is 0 Å². The Hall–Kier alpha value is -1.55. The minimum absolute atomic E-state index is 0.849. The van der Waals surface area contributed by atoms with E-state index in [1.807, 2.05) is 43.4 Å². The smallest absolute Gasteiger partial charge is 0.127 e. The highest BCUT2D eigenvalue weighted by atomic mass is 79.9. The van der Waals surface area contributed by atoms with E-state index in [4.69, 9.17) is 0 Å². The molecular weight excluding hydrogens is 266 g/mol. The molecule has 0 saturated carbocycles. The van der Waals surface area contributed by atoms with Crippen molar-refractivity contribution < 1.29 is 0 Å². The van der Waals surface area contributed by atoms with Gasteiger partial charge in [-0.25, -0.2) is 4.98 Å². The first-order valence-electron chi connectivity index (χ1n) is 4.94. The van der Waals surface area contributed by atoms with Crippen LogP contribution in [0.5, 0.6) is 0 Å². The first-order valence-corrected chi connectivity index (χ1v) is 5.73. The molecule has 0 radical (unpaired) electrons. The quantitative estimate of drug-likeness (QED) is 0.900. The second-order valence-corrected chi connectivity index (χ2v) is 4.23. The fraction of sp³-hybridized carbons (Fsp3) is 0.0833. The molecule has 82 valence electrons. The highest BCUT2D eigenvalue weighted by Crippen LogP contribution is 2.20. The first-order chi connectivity index (χ1) is 7.78. The van der Waals surface area contributed by atoms with Gasteiger partial charge in [0.05, 0.1) is 0 Å². The molecule has 0 aliphatic rings. The molecule has 3 nitrogen and oxygen atoms in total. The second-order valence-electron chi connectivity index (χ2n) is 3.31. The van der Waals surface area contributed by atoms with Crippen molar-refractivity contribution >= 4 is 33.1 Å². The average molecular weight is 278 g/mol. The van der Waals surface area contributed by atoms with Crippen molar-refractivity contribution in [3.8, 4) is 0 Å². The van der Waals surface area contributed by atoms with E-state index in [1.165, 1.54) is 0 Å². The minimum Gasteiger partial charge on any atom is -0.373 e. The van der Waals surface area contributed by atoms with Crippen LogP contribution in [0, 0.1) is 0 Å². The summed E-state index contributed by atoms with van der Waals surface area (Å²) in [6.45, 7) is 0. The normalized spacial score (nSPS) is 9.88. The third-order valence-electron chi connectivity index (χ3n) is 2.15. The van der Waals surface area contributed by atoms with Crippen molar-refractivity contribution in [1.82, 2.24) is 4.98 Å². The van der Waals surface area contributed by atoms with Crippen LogP contribution in [0.4, 0.5) is 17.2 Å². The van der Waals surface area contributed by atoms with E-state index in [9.17, 15) is 0 Å². The van der Waals surface area contributed by atoms with E-state index >= 15 is 0 Å². The van der Waals surface area contributed by atoms with E-state index in [1.54, 1.807) is 6.20 Å². The Morgan fingerprint density at radius 2 is 1.81 bits per heavy atom. The lowest BCUT2D eigenvalue weighted by atomic mass is 10.3. The minimum atomic E-state index is 0.849. The van der Waals surface area contributed by atoms with E-state index < -0.39 is 0 Å². The summed E-state index contributed by atoms with van der Waals surface area (Å²) in [6.07, 6.45) is 1.77. The lowest BCUT2D eigenvalue weighted by Crippen LogP contribution is -1.94. The summed E-state index contributed by atoms with van der Waals surface area (Å²) in [5.41, 5.74) is 2.07. The lowest BCUT2D eigenvalue weighted by Gasteiger charge is -2.07. The van der Waals surface area contributed by atoms with Crippen LogP contribution in [0.3, 0.4) is 0 Å². The highest BCUT2D eigenvalue weighted by Gasteiger charge is 1.96. The van der Waals surface area contributed by atoms with Crippen LogP contribution < -0.4 is 10.6 Å². The van der Waals surface area contributed by atoms with Crippen molar-refractivity contribution in [3.63, 3.8) is 0 Å². The average Bonchev–Trinajstić information content (AvgIpc) is 2.32. The topological polar surface area (TPSA) is 37.0 Å². The molecule has 0 amide bonds. The Labute approximate surface area is 103 Å². The summed E-state index contributed by atoms with van der Waals surface area (Å²) in [6, 6.07) is 11.9. The molecule has 2 aromatic rings. The molecule has 0 fully saturated rings. The zero-order valence-electron chi connectivity index (χ0n) is 8.87. The van der Waals surface area contributed by atoms with Crippen LogP contribution in [0.1, 0.15) is 0 Å². The van der Waals surface area contributed by atoms with E-state index in [-0.39, 0.29) is 0 Å². The van der Waals surface area contributed by atoms with Gasteiger partial charge in [0.25, 0.3) is 0 Å². The van der Waals surface area contributed by atoms with Crippen molar-refractivity contribution in [2.75, 3.05) is 17.7 Å². The van der Waals surface area contributed by atoms with Crippen molar-refractivity contribution in [3.05, 3.63) is 47.1 Å². The molecule has 4 heteroatoms. The second kappa shape index (κ2) is 4.99. The van der Waals surface area contributed by atoms with Gasteiger partial charge in [-0.1, -0.05) is 15.9 Å². The monoisotopic (exact) mass is 277 g/mol. The Morgan fingerprint density at radius 1 is 1.06 bits per heavy atom. The predicted molar refractivity (Wildman–Crippen MR) is 71.2 cm³/mol. The van der Waals surface area contributed by atoms with Crippen LogP contribution in [-0.2, 0) is 0 Å². The summed E-state index contributed by atoms with van der Waals surface area (Å²) in [5, 5.41) is 6.31. The van der Waals surface area contributed by atoms with Gasteiger partial charge in [0.2, 0.25) is 0 Å². The molecule has 0 unspecified atom stereocenters. The van der Waals surface area contributed by atoms with Gasteiger partial charge in [0.15, 0.2) is 0 Å². The fourth-order valence-corrected chi connectivity index (χ4v) is 1.61. The number of hydrogen-bond donors (Lipinski definition) is 2. The Morgan fingerprint density at radius 3 is 2.50 bits per heavy atom. The molecular formula is C12H12BrN3. The van der Waals surface area contributed by atoms with Gasteiger partial charge in [-0.05, 0) is 30.3 Å². The number of rotatable bonds is 3. The SMILES string of the molecule is CNc1cc(Nc2ccc(Br)cc2)ccn1. The summed E-state index contributed by atoms with van der Waals surface area (Å²) < 4.78 is 1.07. The molecule has 2 rings (SSSR count). The van der Waals surface area contributed by atoms with Gasteiger partial charge in [-0.3, -0.25) is 0 Å². The van der Waals surface area contributed by atoms with Gasteiger partial charge in [0.1, 0.15) is 5.82 Å². The molecule has 1 aromatic carbocycles.